The molecule has 0 atom stereocenters. The molecule has 0 bridgehead atoms. The first-order chi connectivity index (χ1) is 14.5. The van der Waals surface area contributed by atoms with Crippen molar-refractivity contribution in [2.75, 3.05) is 0 Å². The molecule has 1 N–H and O–H groups in total. The molecule has 0 aliphatic heterocycles. The number of fused-ring (bicyclic) bond motifs is 1. The molecule has 1 aromatic heterocycles. The van der Waals surface area contributed by atoms with Gasteiger partial charge in [-0.15, -0.1) is 0 Å². The van der Waals surface area contributed by atoms with E-state index < -0.39 is 0 Å². The van der Waals surface area contributed by atoms with Crippen molar-refractivity contribution >= 4 is 22.7 Å². The lowest BCUT2D eigenvalue weighted by atomic mass is 10.1. The molecule has 5 heteroatoms. The fourth-order valence-corrected chi connectivity index (χ4v) is 3.18. The van der Waals surface area contributed by atoms with Gasteiger partial charge in [0.2, 0.25) is 0 Å². The number of hydrogen-bond donors (Lipinski definition) is 1. The molecule has 0 aliphatic rings. The van der Waals surface area contributed by atoms with Gasteiger partial charge in [-0.25, -0.2) is 9.37 Å². The van der Waals surface area contributed by atoms with Crippen LogP contribution in [0, 0.1) is 31.0 Å². The van der Waals surface area contributed by atoms with E-state index in [0.29, 0.717) is 23.8 Å². The molecular weight excluding hydrogens is 377 g/mol. The van der Waals surface area contributed by atoms with Gasteiger partial charge >= 0.3 is 0 Å². The first-order valence-corrected chi connectivity index (χ1v) is 9.59. The molecule has 148 valence electrons. The monoisotopic (exact) mass is 397 g/mol. The molecule has 3 aromatic carbocycles. The number of nitrogens with zero attached hydrogens (tertiary/aromatic N) is 2. The number of imidazole rings is 1. The summed E-state index contributed by atoms with van der Waals surface area (Å²) in [7, 11) is 0. The minimum atomic E-state index is -0.281. The Morgan fingerprint density at radius 2 is 1.83 bits per heavy atom. The molecule has 0 fully saturated rings. The van der Waals surface area contributed by atoms with Crippen molar-refractivity contribution in [3.63, 3.8) is 0 Å². The molecule has 4 nitrogen and oxygen atoms in total. The molecule has 0 spiro atoms. The zero-order valence-corrected chi connectivity index (χ0v) is 16.7. The standard InChI is InChI=1S/C25H20FN3O/c1-16-11-22-23(12-17(16)2)29-25(28-22)20(14-27)13-19-5-3-4-6-24(19)30-15-18-7-9-21(26)10-8-18/h3-13H,15H2,1-2H3,(H,28,29)/b20-13-. The van der Waals surface area contributed by atoms with Crippen molar-refractivity contribution in [3.8, 4) is 11.8 Å². The van der Waals surface area contributed by atoms with Crippen LogP contribution in [0.3, 0.4) is 0 Å². The van der Waals surface area contributed by atoms with E-state index in [-0.39, 0.29) is 5.82 Å². The number of nitriles is 1. The van der Waals surface area contributed by atoms with Crippen LogP contribution in [0.25, 0.3) is 22.7 Å². The van der Waals surface area contributed by atoms with Gasteiger partial charge in [-0.1, -0.05) is 30.3 Å². The van der Waals surface area contributed by atoms with E-state index >= 15 is 0 Å². The molecular formula is C25H20FN3O. The summed E-state index contributed by atoms with van der Waals surface area (Å²) in [5.74, 6) is 0.875. The zero-order chi connectivity index (χ0) is 21.1. The Labute approximate surface area is 174 Å². The second-order valence-electron chi connectivity index (χ2n) is 7.16. The Morgan fingerprint density at radius 1 is 1.10 bits per heavy atom. The quantitative estimate of drug-likeness (QED) is 0.423. The summed E-state index contributed by atoms with van der Waals surface area (Å²) in [6, 6.07) is 20.0. The van der Waals surface area contributed by atoms with Gasteiger partial charge in [0.1, 0.15) is 30.1 Å². The summed E-state index contributed by atoms with van der Waals surface area (Å²) in [5, 5.41) is 9.75. The maximum absolute atomic E-state index is 13.1. The number of aromatic amines is 1. The number of aryl methyl sites for hydroxylation is 2. The van der Waals surface area contributed by atoms with Gasteiger partial charge in [-0.05, 0) is 66.9 Å². The summed E-state index contributed by atoms with van der Waals surface area (Å²) in [5.41, 5.74) is 6.09. The highest BCUT2D eigenvalue weighted by Crippen LogP contribution is 2.26. The van der Waals surface area contributed by atoms with Crippen LogP contribution < -0.4 is 4.74 Å². The van der Waals surface area contributed by atoms with Crippen LogP contribution in [0.5, 0.6) is 5.75 Å². The highest BCUT2D eigenvalue weighted by Gasteiger charge is 2.11. The zero-order valence-electron chi connectivity index (χ0n) is 16.7. The van der Waals surface area contributed by atoms with Gasteiger partial charge in [0.15, 0.2) is 0 Å². The molecule has 1 heterocycles. The van der Waals surface area contributed by atoms with Crippen LogP contribution in [-0.4, -0.2) is 9.97 Å². The Hall–Kier alpha value is -3.91. The van der Waals surface area contributed by atoms with Gasteiger partial charge < -0.3 is 9.72 Å². The van der Waals surface area contributed by atoms with E-state index in [0.717, 1.165) is 27.7 Å². The van der Waals surface area contributed by atoms with Crippen LogP contribution in [0.1, 0.15) is 28.1 Å². The van der Waals surface area contributed by atoms with Crippen molar-refractivity contribution in [2.24, 2.45) is 0 Å². The number of allylic oxidation sites excluding steroid dienone is 1. The number of rotatable bonds is 5. The molecule has 0 radical (unpaired) electrons. The molecule has 4 rings (SSSR count). The van der Waals surface area contributed by atoms with E-state index in [1.165, 1.54) is 17.7 Å². The van der Waals surface area contributed by atoms with Crippen molar-refractivity contribution in [3.05, 3.63) is 94.6 Å². The molecule has 4 aromatic rings. The third-order valence-corrected chi connectivity index (χ3v) is 5.00. The SMILES string of the molecule is Cc1cc2nc(/C(C#N)=C\c3ccccc3OCc3ccc(F)cc3)[nH]c2cc1C. The Morgan fingerprint density at radius 3 is 2.60 bits per heavy atom. The number of benzene rings is 3. The van der Waals surface area contributed by atoms with Gasteiger partial charge in [0, 0.05) is 5.56 Å². The highest BCUT2D eigenvalue weighted by molar-refractivity contribution is 5.91. The number of para-hydroxylation sites is 1. The largest absolute Gasteiger partial charge is 0.488 e. The van der Waals surface area contributed by atoms with Gasteiger partial charge in [0.25, 0.3) is 0 Å². The molecule has 0 amide bonds. The fraction of sp³-hybridized carbons (Fsp3) is 0.120. The number of H-pyrrole nitrogens is 1. The average Bonchev–Trinajstić information content (AvgIpc) is 3.15. The number of hydrogen-bond acceptors (Lipinski definition) is 3. The molecule has 0 saturated heterocycles. The molecule has 0 unspecified atom stereocenters. The molecule has 0 aliphatic carbocycles. The predicted octanol–water partition coefficient (Wildman–Crippen LogP) is 5.96. The highest BCUT2D eigenvalue weighted by atomic mass is 19.1. The van der Waals surface area contributed by atoms with Crippen LogP contribution in [0.4, 0.5) is 4.39 Å². The van der Waals surface area contributed by atoms with Gasteiger partial charge in [0.05, 0.1) is 16.6 Å². The minimum Gasteiger partial charge on any atom is -0.488 e. The molecule has 30 heavy (non-hydrogen) atoms. The maximum atomic E-state index is 13.1. The normalized spacial score (nSPS) is 11.5. The van der Waals surface area contributed by atoms with E-state index in [9.17, 15) is 9.65 Å². The van der Waals surface area contributed by atoms with Crippen molar-refractivity contribution in [2.45, 2.75) is 20.5 Å². The lowest BCUT2D eigenvalue weighted by Crippen LogP contribution is -1.97. The van der Waals surface area contributed by atoms with Crippen molar-refractivity contribution in [1.29, 1.82) is 5.26 Å². The van der Waals surface area contributed by atoms with Gasteiger partial charge in [-0.3, -0.25) is 0 Å². The minimum absolute atomic E-state index is 0.281. The second kappa shape index (κ2) is 8.22. The summed E-state index contributed by atoms with van der Waals surface area (Å²) in [6.07, 6.45) is 1.76. The maximum Gasteiger partial charge on any atom is 0.149 e. The lowest BCUT2D eigenvalue weighted by molar-refractivity contribution is 0.305. The van der Waals surface area contributed by atoms with E-state index in [2.05, 4.69) is 16.0 Å². The number of halogens is 1. The van der Waals surface area contributed by atoms with E-state index in [1.54, 1.807) is 18.2 Å². The summed E-state index contributed by atoms with van der Waals surface area (Å²) in [6.45, 7) is 4.39. The van der Waals surface area contributed by atoms with Crippen LogP contribution >= 0.6 is 0 Å². The Kier molecular flexibility index (Phi) is 5.32. The number of ether oxygens (including phenoxy) is 1. The molecule has 0 saturated carbocycles. The second-order valence-corrected chi connectivity index (χ2v) is 7.16. The summed E-state index contributed by atoms with van der Waals surface area (Å²) in [4.78, 5) is 7.83. The van der Waals surface area contributed by atoms with Crippen LogP contribution in [-0.2, 0) is 6.61 Å². The third-order valence-electron chi connectivity index (χ3n) is 5.00. The summed E-state index contributed by atoms with van der Waals surface area (Å²) < 4.78 is 19.0. The predicted molar refractivity (Wildman–Crippen MR) is 116 cm³/mol. The third kappa shape index (κ3) is 4.08. The first kappa shape index (κ1) is 19.4. The smallest absolute Gasteiger partial charge is 0.149 e. The first-order valence-electron chi connectivity index (χ1n) is 9.59. The Balaban J connectivity index is 1.64. The average molecular weight is 397 g/mol. The summed E-state index contributed by atoms with van der Waals surface area (Å²) >= 11 is 0. The van der Waals surface area contributed by atoms with E-state index in [4.69, 9.17) is 4.74 Å². The number of aromatic nitrogens is 2. The van der Waals surface area contributed by atoms with Crippen LogP contribution in [0.2, 0.25) is 0 Å². The van der Waals surface area contributed by atoms with Crippen molar-refractivity contribution < 1.29 is 9.13 Å². The Bertz CT molecular complexity index is 1240. The van der Waals surface area contributed by atoms with E-state index in [1.807, 2.05) is 50.2 Å². The lowest BCUT2D eigenvalue weighted by Gasteiger charge is -2.09. The number of nitrogens with one attached hydrogen (secondary N) is 1. The topological polar surface area (TPSA) is 61.7 Å². The fourth-order valence-electron chi connectivity index (χ4n) is 3.18. The van der Waals surface area contributed by atoms with Crippen molar-refractivity contribution in [1.82, 2.24) is 9.97 Å². The van der Waals surface area contributed by atoms with Crippen LogP contribution in [0.15, 0.2) is 60.7 Å². The van der Waals surface area contributed by atoms with Gasteiger partial charge in [-0.2, -0.15) is 5.26 Å².